The minimum absolute atomic E-state index is 0.117. The van der Waals surface area contributed by atoms with Gasteiger partial charge in [0.2, 0.25) is 5.95 Å². The van der Waals surface area contributed by atoms with E-state index in [4.69, 9.17) is 4.74 Å². The van der Waals surface area contributed by atoms with Crippen LogP contribution in [-0.2, 0) is 10.0 Å². The highest BCUT2D eigenvalue weighted by atomic mass is 32.2. The summed E-state index contributed by atoms with van der Waals surface area (Å²) in [6.45, 7) is 1.72. The highest BCUT2D eigenvalue weighted by Crippen LogP contribution is 2.22. The number of hydrogen-bond acceptors (Lipinski definition) is 6. The summed E-state index contributed by atoms with van der Waals surface area (Å²) in [7, 11) is -4.54. The predicted octanol–water partition coefficient (Wildman–Crippen LogP) is 1.74. The molecule has 3 aromatic rings. The first-order valence-corrected chi connectivity index (χ1v) is 8.33. The quantitative estimate of drug-likeness (QED) is 0.684. The number of hydrogen-bond donors (Lipinski definition) is 1. The smallest absolute Gasteiger partial charge is 0.322 e. The third-order valence-electron chi connectivity index (χ3n) is 2.96. The normalized spacial score (nSPS) is 11.7. The third-order valence-corrected chi connectivity index (χ3v) is 4.08. The van der Waals surface area contributed by atoms with Crippen LogP contribution in [0.15, 0.2) is 29.4 Å². The van der Waals surface area contributed by atoms with Gasteiger partial charge in [0, 0.05) is 6.07 Å². The van der Waals surface area contributed by atoms with Crippen LogP contribution in [0.2, 0.25) is 0 Å². The van der Waals surface area contributed by atoms with Gasteiger partial charge in [-0.1, -0.05) is 6.07 Å². The highest BCUT2D eigenvalue weighted by Gasteiger charge is 2.25. The lowest BCUT2D eigenvalue weighted by atomic mass is 10.3. The standard InChI is InChI=1S/C13H10F3N5O3S/c1-2-24-13-17-9(16)6-10-18-12(19-21(10)13)25(22,23)20-11-7(14)4-3-5-8(11)15/h3-6,20H,2H2,1H3. The lowest BCUT2D eigenvalue weighted by Crippen LogP contribution is -2.17. The molecule has 0 unspecified atom stereocenters. The molecule has 25 heavy (non-hydrogen) atoms. The van der Waals surface area contributed by atoms with Crippen molar-refractivity contribution >= 4 is 21.4 Å². The minimum Gasteiger partial charge on any atom is -0.464 e. The van der Waals surface area contributed by atoms with E-state index in [-0.39, 0.29) is 18.3 Å². The van der Waals surface area contributed by atoms with E-state index in [1.54, 1.807) is 11.6 Å². The van der Waals surface area contributed by atoms with Gasteiger partial charge in [0.1, 0.15) is 17.3 Å². The molecule has 2 heterocycles. The Kier molecular flexibility index (Phi) is 4.20. The zero-order valence-electron chi connectivity index (χ0n) is 12.6. The monoisotopic (exact) mass is 373 g/mol. The average Bonchev–Trinajstić information content (AvgIpc) is 2.96. The number of ether oxygens (including phenoxy) is 1. The summed E-state index contributed by atoms with van der Waals surface area (Å²) >= 11 is 0. The summed E-state index contributed by atoms with van der Waals surface area (Å²) in [6.07, 6.45) is 0. The van der Waals surface area contributed by atoms with E-state index in [1.807, 2.05) is 0 Å². The van der Waals surface area contributed by atoms with Crippen molar-refractivity contribution in [2.75, 3.05) is 11.3 Å². The van der Waals surface area contributed by atoms with E-state index in [0.29, 0.717) is 0 Å². The molecular formula is C13H10F3N5O3S. The number of nitrogens with zero attached hydrogens (tertiary/aromatic N) is 4. The number of halogens is 3. The first-order valence-electron chi connectivity index (χ1n) is 6.85. The summed E-state index contributed by atoms with van der Waals surface area (Å²) < 4.78 is 72.9. The third kappa shape index (κ3) is 3.20. The maximum atomic E-state index is 13.6. The Bertz CT molecular complexity index is 1030. The molecule has 1 aromatic carbocycles. The molecule has 0 amide bonds. The molecule has 0 spiro atoms. The van der Waals surface area contributed by atoms with Gasteiger partial charge in [-0.25, -0.2) is 8.78 Å². The molecule has 0 aliphatic rings. The number of aromatic nitrogens is 4. The Balaban J connectivity index is 2.07. The Morgan fingerprint density at radius 3 is 2.52 bits per heavy atom. The van der Waals surface area contributed by atoms with E-state index in [0.717, 1.165) is 28.8 Å². The molecule has 132 valence electrons. The van der Waals surface area contributed by atoms with Crippen LogP contribution in [0.5, 0.6) is 6.01 Å². The summed E-state index contributed by atoms with van der Waals surface area (Å²) in [6, 6.07) is 3.35. The van der Waals surface area contributed by atoms with Gasteiger partial charge in [0.05, 0.1) is 6.61 Å². The molecule has 2 aromatic heterocycles. The lowest BCUT2D eigenvalue weighted by molar-refractivity contribution is 0.296. The highest BCUT2D eigenvalue weighted by molar-refractivity contribution is 7.92. The van der Waals surface area contributed by atoms with Crippen molar-refractivity contribution in [1.29, 1.82) is 0 Å². The van der Waals surface area contributed by atoms with E-state index in [9.17, 15) is 21.6 Å². The summed E-state index contributed by atoms with van der Waals surface area (Å²) in [4.78, 5) is 7.08. The van der Waals surface area contributed by atoms with Crippen molar-refractivity contribution in [1.82, 2.24) is 19.6 Å². The first kappa shape index (κ1) is 17.0. The number of fused-ring (bicyclic) bond motifs is 1. The number of anilines is 1. The van der Waals surface area contributed by atoms with Crippen molar-refractivity contribution in [3.05, 3.63) is 41.8 Å². The van der Waals surface area contributed by atoms with Gasteiger partial charge in [-0.15, -0.1) is 5.10 Å². The van der Waals surface area contributed by atoms with Crippen LogP contribution in [0.1, 0.15) is 6.92 Å². The first-order chi connectivity index (χ1) is 11.8. The van der Waals surface area contributed by atoms with Gasteiger partial charge in [-0.05, 0) is 19.1 Å². The topological polar surface area (TPSA) is 98.5 Å². The van der Waals surface area contributed by atoms with Gasteiger partial charge >= 0.3 is 6.01 Å². The lowest BCUT2D eigenvalue weighted by Gasteiger charge is -2.06. The molecule has 0 saturated heterocycles. The van der Waals surface area contributed by atoms with E-state index >= 15 is 0 Å². The fourth-order valence-electron chi connectivity index (χ4n) is 1.93. The molecule has 3 rings (SSSR count). The zero-order valence-corrected chi connectivity index (χ0v) is 13.4. The van der Waals surface area contributed by atoms with Gasteiger partial charge < -0.3 is 4.74 Å². The predicted molar refractivity (Wildman–Crippen MR) is 79.1 cm³/mol. The number of sulfonamides is 1. The molecular weight excluding hydrogens is 363 g/mol. The van der Waals surface area contributed by atoms with Crippen LogP contribution in [-0.4, -0.2) is 34.6 Å². The summed E-state index contributed by atoms with van der Waals surface area (Å²) in [5.74, 6) is -3.19. The number of benzene rings is 1. The van der Waals surface area contributed by atoms with Crippen LogP contribution in [0, 0.1) is 17.6 Å². The van der Waals surface area contributed by atoms with Crippen molar-refractivity contribution in [3.63, 3.8) is 0 Å². The zero-order chi connectivity index (χ0) is 18.2. The van der Waals surface area contributed by atoms with Crippen molar-refractivity contribution in [2.45, 2.75) is 12.1 Å². The van der Waals surface area contributed by atoms with Gasteiger partial charge in [0.15, 0.2) is 5.65 Å². The Morgan fingerprint density at radius 2 is 1.88 bits per heavy atom. The average molecular weight is 373 g/mol. The van der Waals surface area contributed by atoms with Gasteiger partial charge in [-0.2, -0.15) is 27.3 Å². The van der Waals surface area contributed by atoms with Crippen LogP contribution in [0.3, 0.4) is 0 Å². The molecule has 0 aliphatic heterocycles. The van der Waals surface area contributed by atoms with Crippen LogP contribution < -0.4 is 9.46 Å². The fraction of sp³-hybridized carbons (Fsp3) is 0.154. The second-order valence-electron chi connectivity index (χ2n) is 4.66. The van der Waals surface area contributed by atoms with Crippen molar-refractivity contribution in [3.8, 4) is 6.01 Å². The maximum Gasteiger partial charge on any atom is 0.322 e. The molecule has 0 radical (unpaired) electrons. The van der Waals surface area contributed by atoms with Crippen molar-refractivity contribution < 1.29 is 26.3 Å². The molecule has 0 aliphatic carbocycles. The SMILES string of the molecule is CCOc1nc(F)cc2nc(S(=O)(=O)Nc3c(F)cccc3F)nn12. The van der Waals surface area contributed by atoms with Gasteiger partial charge in [0.25, 0.3) is 15.2 Å². The van der Waals surface area contributed by atoms with E-state index < -0.39 is 38.4 Å². The molecule has 0 bridgehead atoms. The fourth-order valence-corrected chi connectivity index (χ4v) is 2.89. The summed E-state index contributed by atoms with van der Waals surface area (Å²) in [5.41, 5.74) is -1.08. The molecule has 1 N–H and O–H groups in total. The second kappa shape index (κ2) is 6.20. The Labute approximate surface area is 139 Å². The second-order valence-corrected chi connectivity index (χ2v) is 6.24. The van der Waals surface area contributed by atoms with Crippen LogP contribution in [0.4, 0.5) is 18.9 Å². The molecule has 0 fully saturated rings. The number of rotatable bonds is 5. The van der Waals surface area contributed by atoms with Crippen molar-refractivity contribution in [2.24, 2.45) is 0 Å². The molecule has 8 nitrogen and oxygen atoms in total. The van der Waals surface area contributed by atoms with Crippen LogP contribution >= 0.6 is 0 Å². The summed E-state index contributed by atoms with van der Waals surface area (Å²) in [5, 5.41) is 2.83. The number of nitrogens with one attached hydrogen (secondary N) is 1. The van der Waals surface area contributed by atoms with Crippen LogP contribution in [0.25, 0.3) is 5.65 Å². The molecule has 0 atom stereocenters. The maximum absolute atomic E-state index is 13.6. The minimum atomic E-state index is -4.54. The molecule has 12 heteroatoms. The van der Waals surface area contributed by atoms with Gasteiger partial charge in [-0.3, -0.25) is 4.72 Å². The van der Waals surface area contributed by atoms with E-state index in [2.05, 4.69) is 15.1 Å². The Morgan fingerprint density at radius 1 is 1.20 bits per heavy atom. The number of para-hydroxylation sites is 1. The Hall–Kier alpha value is -2.89. The largest absolute Gasteiger partial charge is 0.464 e. The molecule has 0 saturated carbocycles. The van der Waals surface area contributed by atoms with E-state index in [1.165, 1.54) is 0 Å².